The third-order valence-corrected chi connectivity index (χ3v) is 4.51. The quantitative estimate of drug-likeness (QED) is 0.886. The molecule has 1 N–H and O–H groups in total. The van der Waals surface area contributed by atoms with Gasteiger partial charge in [0.05, 0.1) is 7.11 Å². The van der Waals surface area contributed by atoms with Gasteiger partial charge in [-0.15, -0.1) is 0 Å². The van der Waals surface area contributed by atoms with Crippen LogP contribution >= 0.6 is 0 Å². The van der Waals surface area contributed by atoms with Gasteiger partial charge in [-0.1, -0.05) is 0 Å². The average Bonchev–Trinajstić information content (AvgIpc) is 2.69. The lowest BCUT2D eigenvalue weighted by Crippen LogP contribution is -2.48. The summed E-state index contributed by atoms with van der Waals surface area (Å²) < 4.78 is 5.23. The average molecular weight is 246 g/mol. The Morgan fingerprint density at radius 1 is 1.11 bits per heavy atom. The van der Waals surface area contributed by atoms with Crippen molar-refractivity contribution < 1.29 is 4.74 Å². The van der Waals surface area contributed by atoms with Gasteiger partial charge in [0.2, 0.25) is 0 Å². The highest BCUT2D eigenvalue weighted by Gasteiger charge is 2.40. The van der Waals surface area contributed by atoms with E-state index in [9.17, 15) is 0 Å². The van der Waals surface area contributed by atoms with Crippen LogP contribution in [0.25, 0.3) is 0 Å². The second-order valence-electron chi connectivity index (χ2n) is 5.45. The van der Waals surface area contributed by atoms with E-state index in [-0.39, 0.29) is 0 Å². The highest BCUT2D eigenvalue weighted by molar-refractivity contribution is 5.52. The second kappa shape index (κ2) is 4.81. The number of hydrogen-bond acceptors (Lipinski definition) is 3. The van der Waals surface area contributed by atoms with E-state index < -0.39 is 0 Å². The Labute approximate surface area is 109 Å². The highest BCUT2D eigenvalue weighted by Crippen LogP contribution is 2.39. The standard InChI is InChI=1S/C15H22N2O/c1-16-11-9-13-3-4-14(10-11)17(13)12-5-7-15(18-2)8-6-12/h5-8,11,13-14,16H,3-4,9-10H2,1-2H3. The summed E-state index contributed by atoms with van der Waals surface area (Å²) in [6.45, 7) is 0. The zero-order chi connectivity index (χ0) is 12.5. The number of hydrogen-bond donors (Lipinski definition) is 1. The molecular formula is C15H22N2O. The van der Waals surface area contributed by atoms with Gasteiger partial charge < -0.3 is 15.0 Å². The van der Waals surface area contributed by atoms with Crippen molar-refractivity contribution in [1.82, 2.24) is 5.32 Å². The van der Waals surface area contributed by atoms with Crippen molar-refractivity contribution in [2.24, 2.45) is 0 Å². The molecule has 2 fully saturated rings. The molecule has 2 bridgehead atoms. The first-order valence-electron chi connectivity index (χ1n) is 6.91. The molecule has 3 heteroatoms. The van der Waals surface area contributed by atoms with Crippen molar-refractivity contribution in [2.75, 3.05) is 19.1 Å². The predicted molar refractivity (Wildman–Crippen MR) is 74.4 cm³/mol. The lowest BCUT2D eigenvalue weighted by atomic mass is 9.97. The van der Waals surface area contributed by atoms with Gasteiger partial charge in [-0.05, 0) is 57.0 Å². The molecule has 2 unspecified atom stereocenters. The van der Waals surface area contributed by atoms with E-state index in [0.29, 0.717) is 6.04 Å². The largest absolute Gasteiger partial charge is 0.497 e. The SMILES string of the molecule is CNC1CC2CCC(C1)N2c1ccc(OC)cc1. The first-order valence-corrected chi connectivity index (χ1v) is 6.91. The zero-order valence-electron chi connectivity index (χ0n) is 11.2. The van der Waals surface area contributed by atoms with Crippen molar-refractivity contribution in [1.29, 1.82) is 0 Å². The zero-order valence-corrected chi connectivity index (χ0v) is 11.2. The molecule has 0 aromatic heterocycles. The van der Waals surface area contributed by atoms with Gasteiger partial charge in [-0.2, -0.15) is 0 Å². The molecule has 1 aromatic carbocycles. The van der Waals surface area contributed by atoms with Gasteiger partial charge in [0.1, 0.15) is 5.75 Å². The maximum absolute atomic E-state index is 5.23. The summed E-state index contributed by atoms with van der Waals surface area (Å²) in [6, 6.07) is 10.7. The summed E-state index contributed by atoms with van der Waals surface area (Å²) in [7, 11) is 3.81. The third kappa shape index (κ3) is 1.97. The number of piperidine rings is 1. The number of ether oxygens (including phenoxy) is 1. The molecule has 1 aromatic rings. The van der Waals surface area contributed by atoms with Gasteiger partial charge in [0.25, 0.3) is 0 Å². The molecule has 2 saturated heterocycles. The monoisotopic (exact) mass is 246 g/mol. The van der Waals surface area contributed by atoms with E-state index in [0.717, 1.165) is 17.8 Å². The number of nitrogens with one attached hydrogen (secondary N) is 1. The summed E-state index contributed by atoms with van der Waals surface area (Å²) in [5, 5.41) is 3.45. The minimum Gasteiger partial charge on any atom is -0.497 e. The third-order valence-electron chi connectivity index (χ3n) is 4.51. The van der Waals surface area contributed by atoms with Crippen LogP contribution in [0.5, 0.6) is 5.75 Å². The number of nitrogens with zero attached hydrogens (tertiary/aromatic N) is 1. The van der Waals surface area contributed by atoms with E-state index in [1.165, 1.54) is 31.4 Å². The summed E-state index contributed by atoms with van der Waals surface area (Å²) in [6.07, 6.45) is 5.24. The maximum Gasteiger partial charge on any atom is 0.119 e. The van der Waals surface area contributed by atoms with Crippen molar-refractivity contribution in [3.05, 3.63) is 24.3 Å². The molecule has 0 spiro atoms. The van der Waals surface area contributed by atoms with Gasteiger partial charge in [-0.3, -0.25) is 0 Å². The predicted octanol–water partition coefficient (Wildman–Crippen LogP) is 2.41. The van der Waals surface area contributed by atoms with Crippen LogP contribution in [0.2, 0.25) is 0 Å². The number of benzene rings is 1. The summed E-state index contributed by atoms with van der Waals surface area (Å²) in [5.41, 5.74) is 1.36. The van der Waals surface area contributed by atoms with Crippen LogP contribution in [-0.2, 0) is 0 Å². The molecule has 2 heterocycles. The van der Waals surface area contributed by atoms with Crippen LogP contribution in [-0.4, -0.2) is 32.3 Å². The maximum atomic E-state index is 5.23. The molecule has 0 radical (unpaired) electrons. The fourth-order valence-corrected chi connectivity index (χ4v) is 3.59. The number of fused-ring (bicyclic) bond motifs is 2. The molecule has 2 atom stereocenters. The Bertz CT molecular complexity index is 389. The number of rotatable bonds is 3. The first kappa shape index (κ1) is 11.8. The normalized spacial score (nSPS) is 30.6. The highest BCUT2D eigenvalue weighted by atomic mass is 16.5. The topological polar surface area (TPSA) is 24.5 Å². The second-order valence-corrected chi connectivity index (χ2v) is 5.45. The van der Waals surface area contributed by atoms with Crippen LogP contribution < -0.4 is 15.0 Å². The fraction of sp³-hybridized carbons (Fsp3) is 0.600. The molecule has 98 valence electrons. The minimum absolute atomic E-state index is 0.706. The van der Waals surface area contributed by atoms with Crippen LogP contribution in [0.3, 0.4) is 0 Å². The minimum atomic E-state index is 0.706. The Morgan fingerprint density at radius 2 is 1.72 bits per heavy atom. The van der Waals surface area contributed by atoms with Gasteiger partial charge in [-0.25, -0.2) is 0 Å². The number of anilines is 1. The van der Waals surface area contributed by atoms with Crippen molar-refractivity contribution >= 4 is 5.69 Å². The van der Waals surface area contributed by atoms with Crippen molar-refractivity contribution in [2.45, 2.75) is 43.8 Å². The first-order chi connectivity index (χ1) is 8.81. The van der Waals surface area contributed by atoms with Crippen LogP contribution in [0.15, 0.2) is 24.3 Å². The van der Waals surface area contributed by atoms with E-state index in [1.54, 1.807) is 7.11 Å². The summed E-state index contributed by atoms with van der Waals surface area (Å²) >= 11 is 0. The van der Waals surface area contributed by atoms with Crippen molar-refractivity contribution in [3.8, 4) is 5.75 Å². The molecule has 0 aliphatic carbocycles. The van der Waals surface area contributed by atoms with E-state index in [1.807, 2.05) is 0 Å². The Morgan fingerprint density at radius 3 is 2.22 bits per heavy atom. The van der Waals surface area contributed by atoms with E-state index in [4.69, 9.17) is 4.74 Å². The van der Waals surface area contributed by atoms with Gasteiger partial charge >= 0.3 is 0 Å². The fourth-order valence-electron chi connectivity index (χ4n) is 3.59. The lowest BCUT2D eigenvalue weighted by Gasteiger charge is -2.40. The van der Waals surface area contributed by atoms with Crippen LogP contribution in [0.4, 0.5) is 5.69 Å². The molecule has 0 amide bonds. The molecule has 2 aliphatic heterocycles. The molecule has 3 nitrogen and oxygen atoms in total. The molecular weight excluding hydrogens is 224 g/mol. The van der Waals surface area contributed by atoms with E-state index >= 15 is 0 Å². The van der Waals surface area contributed by atoms with Crippen LogP contribution in [0.1, 0.15) is 25.7 Å². The Balaban J connectivity index is 1.80. The lowest BCUT2D eigenvalue weighted by molar-refractivity contribution is 0.373. The van der Waals surface area contributed by atoms with Gasteiger partial charge in [0, 0.05) is 23.8 Å². The summed E-state index contributed by atoms with van der Waals surface area (Å²) in [5.74, 6) is 0.941. The van der Waals surface area contributed by atoms with Crippen LogP contribution in [0, 0.1) is 0 Å². The van der Waals surface area contributed by atoms with E-state index in [2.05, 4.69) is 41.5 Å². The molecule has 3 rings (SSSR count). The van der Waals surface area contributed by atoms with Gasteiger partial charge in [0.15, 0.2) is 0 Å². The summed E-state index contributed by atoms with van der Waals surface area (Å²) in [4.78, 5) is 2.63. The number of methoxy groups -OCH3 is 1. The Hall–Kier alpha value is -1.22. The smallest absolute Gasteiger partial charge is 0.119 e. The molecule has 0 saturated carbocycles. The Kier molecular flexibility index (Phi) is 3.16. The molecule has 18 heavy (non-hydrogen) atoms. The van der Waals surface area contributed by atoms with Crippen molar-refractivity contribution in [3.63, 3.8) is 0 Å². The molecule has 2 aliphatic rings.